The standard InChI is InChI=1S/C15H24N4O2S.2ClH/c16-15(4-8-21-9-5-15)13(20)18-14-17-12(11-22-14)10-19-6-2-1-3-7-19;;/h11H,1-10,16H2,(H,17,18,20);2*1H. The van der Waals surface area contributed by atoms with Crippen molar-refractivity contribution in [2.75, 3.05) is 31.6 Å². The molecule has 0 aromatic carbocycles. The molecule has 3 rings (SSSR count). The molecule has 3 heterocycles. The minimum Gasteiger partial charge on any atom is -0.381 e. The average Bonchev–Trinajstić information content (AvgIpc) is 2.96. The number of anilines is 1. The Kier molecular flexibility index (Phi) is 8.90. The molecule has 3 N–H and O–H groups in total. The lowest BCUT2D eigenvalue weighted by Crippen LogP contribution is -2.54. The van der Waals surface area contributed by atoms with Gasteiger partial charge in [0.1, 0.15) is 5.54 Å². The van der Waals surface area contributed by atoms with E-state index >= 15 is 0 Å². The predicted octanol–water partition coefficient (Wildman–Crippen LogP) is 2.42. The third-order valence-electron chi connectivity index (χ3n) is 4.44. The van der Waals surface area contributed by atoms with Gasteiger partial charge in [-0.2, -0.15) is 0 Å². The zero-order valence-corrected chi connectivity index (χ0v) is 16.1. The van der Waals surface area contributed by atoms with Crippen LogP contribution in [0.3, 0.4) is 0 Å². The molecule has 0 radical (unpaired) electrons. The molecule has 2 saturated heterocycles. The summed E-state index contributed by atoms with van der Waals surface area (Å²) in [6.07, 6.45) is 4.99. The average molecular weight is 397 g/mol. The fraction of sp³-hybridized carbons (Fsp3) is 0.733. The van der Waals surface area contributed by atoms with E-state index < -0.39 is 5.54 Å². The molecule has 0 saturated carbocycles. The number of hydrogen-bond donors (Lipinski definition) is 2. The summed E-state index contributed by atoms with van der Waals surface area (Å²) in [6, 6.07) is 0. The van der Waals surface area contributed by atoms with E-state index in [1.165, 1.54) is 30.6 Å². The van der Waals surface area contributed by atoms with Gasteiger partial charge in [0.05, 0.1) is 5.69 Å². The van der Waals surface area contributed by atoms with Crippen LogP contribution in [0.25, 0.3) is 0 Å². The van der Waals surface area contributed by atoms with E-state index in [0.717, 1.165) is 25.3 Å². The fourth-order valence-electron chi connectivity index (χ4n) is 2.97. The molecule has 0 unspecified atom stereocenters. The largest absolute Gasteiger partial charge is 0.381 e. The number of rotatable bonds is 4. The van der Waals surface area contributed by atoms with Crippen LogP contribution in [-0.4, -0.2) is 47.6 Å². The zero-order valence-electron chi connectivity index (χ0n) is 13.7. The van der Waals surface area contributed by atoms with Crippen LogP contribution in [0.4, 0.5) is 5.13 Å². The monoisotopic (exact) mass is 396 g/mol. The Bertz CT molecular complexity index is 517. The predicted molar refractivity (Wildman–Crippen MR) is 101 cm³/mol. The maximum atomic E-state index is 12.4. The van der Waals surface area contributed by atoms with Crippen molar-refractivity contribution in [1.82, 2.24) is 9.88 Å². The fourth-order valence-corrected chi connectivity index (χ4v) is 3.66. The first kappa shape index (κ1) is 21.6. The Balaban J connectivity index is 0.00000144. The molecule has 1 aromatic heterocycles. The quantitative estimate of drug-likeness (QED) is 0.816. The van der Waals surface area contributed by atoms with E-state index in [9.17, 15) is 4.79 Å². The molecule has 1 aromatic rings. The molecule has 1 amide bonds. The second kappa shape index (κ2) is 9.89. The highest BCUT2D eigenvalue weighted by Gasteiger charge is 2.36. The van der Waals surface area contributed by atoms with E-state index in [1.54, 1.807) is 0 Å². The summed E-state index contributed by atoms with van der Waals surface area (Å²) in [6.45, 7) is 4.24. The van der Waals surface area contributed by atoms with Gasteiger partial charge in [-0.3, -0.25) is 9.69 Å². The van der Waals surface area contributed by atoms with Crippen molar-refractivity contribution in [2.45, 2.75) is 44.2 Å². The van der Waals surface area contributed by atoms with Crippen molar-refractivity contribution in [2.24, 2.45) is 5.73 Å². The molecule has 6 nitrogen and oxygen atoms in total. The van der Waals surface area contributed by atoms with Gasteiger partial charge in [-0.15, -0.1) is 36.2 Å². The Morgan fingerprint density at radius 2 is 1.96 bits per heavy atom. The smallest absolute Gasteiger partial charge is 0.246 e. The number of nitrogens with one attached hydrogen (secondary N) is 1. The highest BCUT2D eigenvalue weighted by Crippen LogP contribution is 2.23. The Morgan fingerprint density at radius 1 is 1.29 bits per heavy atom. The first-order chi connectivity index (χ1) is 10.7. The van der Waals surface area contributed by atoms with Crippen molar-refractivity contribution < 1.29 is 9.53 Å². The number of likely N-dealkylation sites (tertiary alicyclic amines) is 1. The maximum absolute atomic E-state index is 12.4. The van der Waals surface area contributed by atoms with E-state index in [-0.39, 0.29) is 30.7 Å². The second-order valence-corrected chi connectivity index (χ2v) is 7.06. The van der Waals surface area contributed by atoms with Gasteiger partial charge in [0, 0.05) is 25.1 Å². The Hall–Kier alpha value is -0.440. The number of piperidine rings is 1. The minimum atomic E-state index is -0.822. The Morgan fingerprint density at radius 3 is 2.62 bits per heavy atom. The van der Waals surface area contributed by atoms with Gasteiger partial charge in [-0.1, -0.05) is 6.42 Å². The van der Waals surface area contributed by atoms with Crippen LogP contribution in [0, 0.1) is 0 Å². The van der Waals surface area contributed by atoms with Crippen LogP contribution in [0.15, 0.2) is 5.38 Å². The summed E-state index contributed by atoms with van der Waals surface area (Å²) in [5, 5.41) is 5.55. The number of thiazole rings is 1. The molecular formula is C15H26Cl2N4O2S. The van der Waals surface area contributed by atoms with Gasteiger partial charge in [0.2, 0.25) is 5.91 Å². The van der Waals surface area contributed by atoms with Crippen molar-refractivity contribution in [1.29, 1.82) is 0 Å². The number of carbonyl (C=O) groups is 1. The first-order valence-corrected chi connectivity index (χ1v) is 8.88. The molecule has 0 spiro atoms. The van der Waals surface area contributed by atoms with Crippen LogP contribution in [0.1, 0.15) is 37.8 Å². The lowest BCUT2D eigenvalue weighted by Gasteiger charge is -2.31. The molecule has 0 bridgehead atoms. The van der Waals surface area contributed by atoms with Gasteiger partial charge < -0.3 is 15.8 Å². The summed E-state index contributed by atoms with van der Waals surface area (Å²) >= 11 is 1.47. The molecule has 2 aliphatic heterocycles. The van der Waals surface area contributed by atoms with Gasteiger partial charge in [0.25, 0.3) is 0 Å². The van der Waals surface area contributed by atoms with Gasteiger partial charge in [-0.05, 0) is 38.8 Å². The number of aromatic nitrogens is 1. The minimum absolute atomic E-state index is 0. The number of carbonyl (C=O) groups excluding carboxylic acids is 1. The Labute approximate surface area is 159 Å². The lowest BCUT2D eigenvalue weighted by atomic mass is 9.90. The van der Waals surface area contributed by atoms with E-state index in [2.05, 4.69) is 15.2 Å². The van der Waals surface area contributed by atoms with E-state index in [4.69, 9.17) is 10.5 Å². The summed E-state index contributed by atoms with van der Waals surface area (Å²) in [7, 11) is 0. The first-order valence-electron chi connectivity index (χ1n) is 8.01. The van der Waals surface area contributed by atoms with Gasteiger partial charge >= 0.3 is 0 Å². The van der Waals surface area contributed by atoms with Crippen LogP contribution >= 0.6 is 36.2 Å². The molecule has 0 aliphatic carbocycles. The SMILES string of the molecule is Cl.Cl.NC1(C(=O)Nc2nc(CN3CCCCC3)cs2)CCOCC1. The maximum Gasteiger partial charge on any atom is 0.246 e. The summed E-state index contributed by atoms with van der Waals surface area (Å²) in [5.74, 6) is -0.144. The molecule has 0 atom stereocenters. The number of hydrogen-bond acceptors (Lipinski definition) is 6. The molecule has 24 heavy (non-hydrogen) atoms. The molecular weight excluding hydrogens is 371 g/mol. The summed E-state index contributed by atoms with van der Waals surface area (Å²) in [5.41, 5.74) is 6.39. The highest BCUT2D eigenvalue weighted by atomic mass is 35.5. The number of nitrogens with two attached hydrogens (primary N) is 1. The van der Waals surface area contributed by atoms with E-state index in [1.807, 2.05) is 5.38 Å². The normalized spacial score (nSPS) is 20.5. The van der Waals surface area contributed by atoms with Crippen LogP contribution in [0.5, 0.6) is 0 Å². The molecule has 9 heteroatoms. The number of ether oxygens (including phenoxy) is 1. The topological polar surface area (TPSA) is 80.5 Å². The summed E-state index contributed by atoms with van der Waals surface area (Å²) in [4.78, 5) is 19.3. The summed E-state index contributed by atoms with van der Waals surface area (Å²) < 4.78 is 5.28. The zero-order chi connectivity index (χ0) is 15.4. The molecule has 138 valence electrons. The number of halogens is 2. The third kappa shape index (κ3) is 5.54. The molecule has 2 aliphatic rings. The van der Waals surface area contributed by atoms with E-state index in [0.29, 0.717) is 31.2 Å². The second-order valence-electron chi connectivity index (χ2n) is 6.20. The van der Waals surface area contributed by atoms with Crippen molar-refractivity contribution in [3.05, 3.63) is 11.1 Å². The lowest BCUT2D eigenvalue weighted by molar-refractivity contribution is -0.124. The number of amides is 1. The van der Waals surface area contributed by atoms with Crippen LogP contribution in [-0.2, 0) is 16.1 Å². The highest BCUT2D eigenvalue weighted by molar-refractivity contribution is 7.13. The van der Waals surface area contributed by atoms with Crippen LogP contribution < -0.4 is 11.1 Å². The van der Waals surface area contributed by atoms with Gasteiger partial charge in [0.15, 0.2) is 5.13 Å². The van der Waals surface area contributed by atoms with Gasteiger partial charge in [-0.25, -0.2) is 4.98 Å². The van der Waals surface area contributed by atoms with Crippen molar-refractivity contribution >= 4 is 47.2 Å². The molecule has 2 fully saturated rings. The number of nitrogens with zero attached hydrogens (tertiary/aromatic N) is 2. The van der Waals surface area contributed by atoms with Crippen molar-refractivity contribution in [3.63, 3.8) is 0 Å². The van der Waals surface area contributed by atoms with Crippen molar-refractivity contribution in [3.8, 4) is 0 Å². The van der Waals surface area contributed by atoms with Crippen LogP contribution in [0.2, 0.25) is 0 Å². The third-order valence-corrected chi connectivity index (χ3v) is 5.25.